The number of hydrogen-bond acceptors (Lipinski definition) is 4. The van der Waals surface area contributed by atoms with Crippen LogP contribution >= 0.6 is 0 Å². The van der Waals surface area contributed by atoms with E-state index in [1.165, 1.54) is 12.3 Å². The second-order valence-electron chi connectivity index (χ2n) is 7.02. The number of halogens is 2. The van der Waals surface area contributed by atoms with Crippen LogP contribution in [0.1, 0.15) is 36.2 Å². The molecule has 2 fully saturated rings. The SMILES string of the molecule is O=C(/C=C/CN1CCCC(F)(F)C1)Nc1ccc(C(=O)N2CCCC2)nc1. The maximum absolute atomic E-state index is 13.3. The van der Waals surface area contributed by atoms with Gasteiger partial charge in [-0.25, -0.2) is 13.8 Å². The summed E-state index contributed by atoms with van der Waals surface area (Å²) in [6.07, 6.45) is 6.77. The Labute approximate surface area is 157 Å². The molecule has 0 spiro atoms. The number of pyridine rings is 1. The number of piperidine rings is 1. The second kappa shape index (κ2) is 8.56. The van der Waals surface area contributed by atoms with Crippen molar-refractivity contribution in [3.05, 3.63) is 36.2 Å². The van der Waals surface area contributed by atoms with Crippen LogP contribution in [0.3, 0.4) is 0 Å². The number of aromatic nitrogens is 1. The van der Waals surface area contributed by atoms with E-state index in [0.717, 1.165) is 25.9 Å². The van der Waals surface area contributed by atoms with Crippen LogP contribution in [0.25, 0.3) is 0 Å². The highest BCUT2D eigenvalue weighted by Gasteiger charge is 2.34. The van der Waals surface area contributed by atoms with Crippen LogP contribution in [-0.2, 0) is 4.79 Å². The molecule has 6 nitrogen and oxygen atoms in total. The van der Waals surface area contributed by atoms with Crippen molar-refractivity contribution in [1.82, 2.24) is 14.8 Å². The van der Waals surface area contributed by atoms with Gasteiger partial charge in [0, 0.05) is 32.1 Å². The van der Waals surface area contributed by atoms with Crippen LogP contribution in [0.2, 0.25) is 0 Å². The topological polar surface area (TPSA) is 65.5 Å². The van der Waals surface area contributed by atoms with Crippen LogP contribution in [0.4, 0.5) is 14.5 Å². The highest BCUT2D eigenvalue weighted by Crippen LogP contribution is 2.26. The Bertz CT molecular complexity index is 700. The average Bonchev–Trinajstić information content (AvgIpc) is 3.15. The van der Waals surface area contributed by atoms with Gasteiger partial charge in [0.1, 0.15) is 5.69 Å². The largest absolute Gasteiger partial charge is 0.337 e. The van der Waals surface area contributed by atoms with Gasteiger partial charge in [-0.05, 0) is 37.9 Å². The lowest BCUT2D eigenvalue weighted by Crippen LogP contribution is -2.42. The highest BCUT2D eigenvalue weighted by atomic mass is 19.3. The van der Waals surface area contributed by atoms with E-state index in [0.29, 0.717) is 30.9 Å². The van der Waals surface area contributed by atoms with E-state index in [1.807, 2.05) is 0 Å². The molecule has 1 aromatic heterocycles. The molecule has 2 amide bonds. The van der Waals surface area contributed by atoms with Crippen LogP contribution in [0, 0.1) is 0 Å². The number of rotatable bonds is 5. The molecule has 3 heterocycles. The van der Waals surface area contributed by atoms with Gasteiger partial charge < -0.3 is 10.2 Å². The maximum Gasteiger partial charge on any atom is 0.272 e. The van der Waals surface area contributed by atoms with Crippen LogP contribution in [0.15, 0.2) is 30.5 Å². The molecule has 0 atom stereocenters. The first-order valence-corrected chi connectivity index (χ1v) is 9.26. The van der Waals surface area contributed by atoms with Gasteiger partial charge in [0.15, 0.2) is 0 Å². The van der Waals surface area contributed by atoms with Crippen molar-refractivity contribution in [2.45, 2.75) is 31.6 Å². The first-order chi connectivity index (χ1) is 12.9. The smallest absolute Gasteiger partial charge is 0.272 e. The van der Waals surface area contributed by atoms with Gasteiger partial charge in [0.25, 0.3) is 11.8 Å². The molecule has 1 aromatic rings. The van der Waals surface area contributed by atoms with Gasteiger partial charge in [0.05, 0.1) is 18.4 Å². The third-order valence-corrected chi connectivity index (χ3v) is 4.75. The first-order valence-electron chi connectivity index (χ1n) is 9.26. The summed E-state index contributed by atoms with van der Waals surface area (Å²) < 4.78 is 26.7. The van der Waals surface area contributed by atoms with Crippen LogP contribution in [0.5, 0.6) is 0 Å². The number of likely N-dealkylation sites (tertiary alicyclic amines) is 2. The molecule has 0 aliphatic carbocycles. The number of carbonyl (C=O) groups excluding carboxylic acids is 2. The summed E-state index contributed by atoms with van der Waals surface area (Å²) >= 11 is 0. The van der Waals surface area contributed by atoms with Crippen molar-refractivity contribution in [2.24, 2.45) is 0 Å². The molecule has 2 aliphatic rings. The van der Waals surface area contributed by atoms with E-state index in [9.17, 15) is 18.4 Å². The molecule has 0 saturated carbocycles. The quantitative estimate of drug-likeness (QED) is 0.800. The molecule has 2 aliphatic heterocycles. The average molecular weight is 378 g/mol. The molecule has 0 bridgehead atoms. The predicted molar refractivity (Wildman–Crippen MR) is 97.8 cm³/mol. The minimum absolute atomic E-state index is 0.0725. The molecule has 0 radical (unpaired) electrons. The van der Waals surface area contributed by atoms with Crippen molar-refractivity contribution in [3.8, 4) is 0 Å². The third kappa shape index (κ3) is 5.56. The molecule has 2 saturated heterocycles. The number of alkyl halides is 2. The van der Waals surface area contributed by atoms with Crippen molar-refractivity contribution in [3.63, 3.8) is 0 Å². The maximum atomic E-state index is 13.3. The molecule has 0 unspecified atom stereocenters. The van der Waals surface area contributed by atoms with E-state index in [2.05, 4.69) is 10.3 Å². The number of hydrogen-bond donors (Lipinski definition) is 1. The Morgan fingerprint density at radius 3 is 2.63 bits per heavy atom. The zero-order valence-corrected chi connectivity index (χ0v) is 15.2. The molecule has 0 aromatic carbocycles. The van der Waals surface area contributed by atoms with E-state index >= 15 is 0 Å². The first kappa shape index (κ1) is 19.4. The fourth-order valence-electron chi connectivity index (χ4n) is 3.37. The normalized spacial score (nSPS) is 20.1. The van der Waals surface area contributed by atoms with E-state index in [1.54, 1.807) is 28.0 Å². The van der Waals surface area contributed by atoms with Gasteiger partial charge in [-0.15, -0.1) is 0 Å². The molecule has 146 valence electrons. The van der Waals surface area contributed by atoms with E-state index < -0.39 is 5.92 Å². The van der Waals surface area contributed by atoms with Gasteiger partial charge >= 0.3 is 0 Å². The van der Waals surface area contributed by atoms with Crippen molar-refractivity contribution in [1.29, 1.82) is 0 Å². The van der Waals surface area contributed by atoms with Crippen molar-refractivity contribution >= 4 is 17.5 Å². The second-order valence-corrected chi connectivity index (χ2v) is 7.02. The Morgan fingerprint density at radius 1 is 1.19 bits per heavy atom. The number of carbonyl (C=O) groups is 2. The van der Waals surface area contributed by atoms with Crippen molar-refractivity contribution in [2.75, 3.05) is 38.0 Å². The predicted octanol–water partition coefficient (Wildman–Crippen LogP) is 2.54. The van der Waals surface area contributed by atoms with Crippen LogP contribution in [-0.4, -0.2) is 65.2 Å². The van der Waals surface area contributed by atoms with Gasteiger partial charge in [-0.3, -0.25) is 14.5 Å². The molecule has 8 heteroatoms. The fourth-order valence-corrected chi connectivity index (χ4v) is 3.37. The Hall–Kier alpha value is -2.35. The number of amides is 2. The van der Waals surface area contributed by atoms with E-state index in [-0.39, 0.29) is 24.8 Å². The summed E-state index contributed by atoms with van der Waals surface area (Å²) in [7, 11) is 0. The molecular formula is C19H24F2N4O2. The lowest BCUT2D eigenvalue weighted by atomic mass is 10.1. The summed E-state index contributed by atoms with van der Waals surface area (Å²) in [6, 6.07) is 3.23. The Balaban J connectivity index is 1.47. The number of nitrogens with one attached hydrogen (secondary N) is 1. The fraction of sp³-hybridized carbons (Fsp3) is 0.526. The molecular weight excluding hydrogens is 354 g/mol. The number of nitrogens with zero attached hydrogens (tertiary/aromatic N) is 3. The molecule has 1 N–H and O–H groups in total. The minimum Gasteiger partial charge on any atom is -0.337 e. The molecule has 27 heavy (non-hydrogen) atoms. The summed E-state index contributed by atoms with van der Waals surface area (Å²) in [4.78, 5) is 31.7. The summed E-state index contributed by atoms with van der Waals surface area (Å²) in [5.74, 6) is -3.10. The monoisotopic (exact) mass is 378 g/mol. The minimum atomic E-state index is -2.64. The zero-order chi connectivity index (χ0) is 19.3. The highest BCUT2D eigenvalue weighted by molar-refractivity contribution is 5.99. The number of anilines is 1. The van der Waals surface area contributed by atoms with Crippen LogP contribution < -0.4 is 5.32 Å². The summed E-state index contributed by atoms with van der Waals surface area (Å²) in [5, 5.41) is 2.65. The molecule has 3 rings (SSSR count). The lowest BCUT2D eigenvalue weighted by molar-refractivity contribution is -0.111. The Morgan fingerprint density at radius 2 is 1.96 bits per heavy atom. The lowest BCUT2D eigenvalue weighted by Gasteiger charge is -2.31. The van der Waals surface area contributed by atoms with Gasteiger partial charge in [0.2, 0.25) is 5.91 Å². The van der Waals surface area contributed by atoms with E-state index in [4.69, 9.17) is 0 Å². The Kier molecular flexibility index (Phi) is 6.15. The third-order valence-electron chi connectivity index (χ3n) is 4.75. The summed E-state index contributed by atoms with van der Waals surface area (Å²) in [6.45, 7) is 2.16. The summed E-state index contributed by atoms with van der Waals surface area (Å²) in [5.41, 5.74) is 0.837. The van der Waals surface area contributed by atoms with Crippen molar-refractivity contribution < 1.29 is 18.4 Å². The standard InChI is InChI=1S/C19H24F2N4O2/c20-19(21)8-4-10-24(14-19)9-3-5-17(26)23-15-6-7-16(22-13-15)18(27)25-11-1-2-12-25/h3,5-7,13H,1-2,4,8-12,14H2,(H,23,26)/b5-3+. The zero-order valence-electron chi connectivity index (χ0n) is 15.2. The van der Waals surface area contributed by atoms with Gasteiger partial charge in [-0.2, -0.15) is 0 Å². The van der Waals surface area contributed by atoms with Gasteiger partial charge in [-0.1, -0.05) is 6.08 Å².